The Labute approximate surface area is 198 Å². The molecule has 1 heterocycles. The highest BCUT2D eigenvalue weighted by molar-refractivity contribution is 5.84. The van der Waals surface area contributed by atoms with Crippen molar-refractivity contribution in [3.63, 3.8) is 0 Å². The van der Waals surface area contributed by atoms with Gasteiger partial charge in [-0.15, -0.1) is 0 Å². The standard InChI is InChI=1S/C29H39NO3/c1-2-21-6-3-4-9-28(21)33-27-13-12-23-14-20(10-11-24(23)16-27)17-30-18-26(19-30)22-7-5-8-25(15-22)29(31)32/h10-14,16,21-22,25-26,28H,2-9,15,17-19H2,1H3,(H,31,32)/t21-,22?,25?,28+/m0/s1. The number of hydrogen-bond acceptors (Lipinski definition) is 3. The van der Waals surface area contributed by atoms with Crippen molar-refractivity contribution in [3.8, 4) is 5.75 Å². The van der Waals surface area contributed by atoms with E-state index in [9.17, 15) is 9.90 Å². The molecule has 1 N–H and O–H groups in total. The molecule has 3 fully saturated rings. The van der Waals surface area contributed by atoms with Gasteiger partial charge in [-0.25, -0.2) is 0 Å². The summed E-state index contributed by atoms with van der Waals surface area (Å²) >= 11 is 0. The molecule has 2 aliphatic carbocycles. The van der Waals surface area contributed by atoms with E-state index in [1.807, 2.05) is 0 Å². The van der Waals surface area contributed by atoms with Gasteiger partial charge in [0.2, 0.25) is 0 Å². The number of aliphatic carboxylic acids is 1. The van der Waals surface area contributed by atoms with Crippen LogP contribution in [0.25, 0.3) is 10.8 Å². The van der Waals surface area contributed by atoms with Gasteiger partial charge >= 0.3 is 5.97 Å². The molecule has 2 saturated carbocycles. The second kappa shape index (κ2) is 10.0. The Kier molecular flexibility index (Phi) is 6.91. The predicted octanol–water partition coefficient (Wildman–Crippen LogP) is 6.51. The van der Waals surface area contributed by atoms with E-state index in [-0.39, 0.29) is 5.92 Å². The molecule has 2 unspecified atom stereocenters. The Balaban J connectivity index is 1.16. The molecular formula is C29H39NO3. The maximum Gasteiger partial charge on any atom is 0.306 e. The highest BCUT2D eigenvalue weighted by Crippen LogP contribution is 2.38. The first-order valence-electron chi connectivity index (χ1n) is 13.2. The van der Waals surface area contributed by atoms with Crippen molar-refractivity contribution in [1.29, 1.82) is 0 Å². The van der Waals surface area contributed by atoms with Gasteiger partial charge in [0.1, 0.15) is 11.9 Å². The van der Waals surface area contributed by atoms with Crippen molar-refractivity contribution in [1.82, 2.24) is 4.90 Å². The molecule has 0 amide bonds. The molecule has 1 aliphatic heterocycles. The molecule has 33 heavy (non-hydrogen) atoms. The summed E-state index contributed by atoms with van der Waals surface area (Å²) in [6.45, 7) is 5.50. The number of ether oxygens (including phenoxy) is 1. The molecule has 2 aromatic carbocycles. The lowest BCUT2D eigenvalue weighted by Crippen LogP contribution is -2.50. The number of likely N-dealkylation sites (tertiary alicyclic amines) is 1. The molecule has 1 saturated heterocycles. The van der Waals surface area contributed by atoms with Crippen LogP contribution in [0.2, 0.25) is 0 Å². The summed E-state index contributed by atoms with van der Waals surface area (Å²) in [6.07, 6.45) is 10.7. The monoisotopic (exact) mass is 449 g/mol. The van der Waals surface area contributed by atoms with E-state index < -0.39 is 5.97 Å². The zero-order valence-corrected chi connectivity index (χ0v) is 20.0. The van der Waals surface area contributed by atoms with E-state index >= 15 is 0 Å². The number of benzene rings is 2. The Hall–Kier alpha value is -2.07. The second-order valence-corrected chi connectivity index (χ2v) is 10.9. The Morgan fingerprint density at radius 2 is 1.76 bits per heavy atom. The molecule has 5 rings (SSSR count). The van der Waals surface area contributed by atoms with Crippen LogP contribution < -0.4 is 4.74 Å². The number of hydrogen-bond donors (Lipinski definition) is 1. The third-order valence-electron chi connectivity index (χ3n) is 8.65. The summed E-state index contributed by atoms with van der Waals surface area (Å²) in [5.74, 6) is 2.28. The van der Waals surface area contributed by atoms with Crippen molar-refractivity contribution in [3.05, 3.63) is 42.0 Å². The Bertz CT molecular complexity index is 966. The second-order valence-electron chi connectivity index (χ2n) is 10.9. The van der Waals surface area contributed by atoms with Crippen molar-refractivity contribution < 1.29 is 14.6 Å². The molecule has 0 aromatic heterocycles. The number of nitrogens with zero attached hydrogens (tertiary/aromatic N) is 1. The fourth-order valence-corrected chi connectivity index (χ4v) is 6.59. The minimum Gasteiger partial charge on any atom is -0.490 e. The summed E-state index contributed by atoms with van der Waals surface area (Å²) in [4.78, 5) is 13.9. The van der Waals surface area contributed by atoms with Crippen molar-refractivity contribution in [2.45, 2.75) is 77.4 Å². The van der Waals surface area contributed by atoms with Crippen molar-refractivity contribution in [2.75, 3.05) is 13.1 Å². The van der Waals surface area contributed by atoms with Crippen LogP contribution in [0.3, 0.4) is 0 Å². The first-order valence-corrected chi connectivity index (χ1v) is 13.2. The molecule has 2 aromatic rings. The molecular weight excluding hydrogens is 410 g/mol. The van der Waals surface area contributed by atoms with Gasteiger partial charge in [0.15, 0.2) is 0 Å². The lowest BCUT2D eigenvalue weighted by molar-refractivity contribution is -0.144. The fraction of sp³-hybridized carbons (Fsp3) is 0.621. The zero-order valence-electron chi connectivity index (χ0n) is 20.0. The van der Waals surface area contributed by atoms with E-state index in [0.29, 0.717) is 23.9 Å². The highest BCUT2D eigenvalue weighted by Gasteiger charge is 2.37. The largest absolute Gasteiger partial charge is 0.490 e. The molecule has 4 nitrogen and oxygen atoms in total. The van der Waals surface area contributed by atoms with Crippen molar-refractivity contribution in [2.24, 2.45) is 23.7 Å². The van der Waals surface area contributed by atoms with Crippen LogP contribution in [-0.4, -0.2) is 35.2 Å². The number of carboxylic acid groups (broad SMARTS) is 1. The van der Waals surface area contributed by atoms with Gasteiger partial charge in [-0.1, -0.05) is 44.4 Å². The normalized spacial score (nSPS) is 29.0. The van der Waals surface area contributed by atoms with Crippen LogP contribution in [0, 0.1) is 23.7 Å². The van der Waals surface area contributed by atoms with E-state index in [1.54, 1.807) is 0 Å². The molecule has 4 atom stereocenters. The third-order valence-corrected chi connectivity index (χ3v) is 8.65. The smallest absolute Gasteiger partial charge is 0.306 e. The first kappa shape index (κ1) is 22.7. The van der Waals surface area contributed by atoms with Crippen LogP contribution >= 0.6 is 0 Å². The maximum atomic E-state index is 11.4. The Morgan fingerprint density at radius 3 is 2.58 bits per heavy atom. The molecule has 0 bridgehead atoms. The predicted molar refractivity (Wildman–Crippen MR) is 132 cm³/mol. The summed E-state index contributed by atoms with van der Waals surface area (Å²) in [5.41, 5.74) is 1.36. The van der Waals surface area contributed by atoms with Gasteiger partial charge in [0, 0.05) is 19.6 Å². The number of fused-ring (bicyclic) bond motifs is 1. The average molecular weight is 450 g/mol. The lowest BCUT2D eigenvalue weighted by Gasteiger charge is -2.45. The number of carbonyl (C=O) groups is 1. The van der Waals surface area contributed by atoms with Gasteiger partial charge < -0.3 is 9.84 Å². The first-order chi connectivity index (χ1) is 16.1. The third kappa shape index (κ3) is 5.21. The number of rotatable bonds is 7. The lowest BCUT2D eigenvalue weighted by atomic mass is 9.72. The van der Waals surface area contributed by atoms with E-state index in [1.165, 1.54) is 54.9 Å². The summed E-state index contributed by atoms with van der Waals surface area (Å²) < 4.78 is 6.43. The van der Waals surface area contributed by atoms with Gasteiger partial charge in [-0.3, -0.25) is 9.69 Å². The minimum absolute atomic E-state index is 0.113. The van der Waals surface area contributed by atoms with Crippen LogP contribution in [-0.2, 0) is 11.3 Å². The topological polar surface area (TPSA) is 49.8 Å². The molecule has 178 valence electrons. The van der Waals surface area contributed by atoms with Gasteiger partial charge in [-0.2, -0.15) is 0 Å². The fourth-order valence-electron chi connectivity index (χ4n) is 6.59. The zero-order chi connectivity index (χ0) is 22.8. The number of carboxylic acids is 1. The summed E-state index contributed by atoms with van der Waals surface area (Å²) in [7, 11) is 0. The Morgan fingerprint density at radius 1 is 0.970 bits per heavy atom. The van der Waals surface area contributed by atoms with Crippen LogP contribution in [0.1, 0.15) is 70.3 Å². The van der Waals surface area contributed by atoms with E-state index in [2.05, 4.69) is 48.2 Å². The van der Waals surface area contributed by atoms with Gasteiger partial charge in [0.05, 0.1) is 5.92 Å². The molecule has 0 spiro atoms. The van der Waals surface area contributed by atoms with Crippen LogP contribution in [0.15, 0.2) is 36.4 Å². The van der Waals surface area contributed by atoms with Crippen LogP contribution in [0.5, 0.6) is 5.75 Å². The summed E-state index contributed by atoms with van der Waals surface area (Å²) in [6, 6.07) is 13.4. The maximum absolute atomic E-state index is 11.4. The average Bonchev–Trinajstić information content (AvgIpc) is 2.81. The van der Waals surface area contributed by atoms with Crippen LogP contribution in [0.4, 0.5) is 0 Å². The van der Waals surface area contributed by atoms with E-state index in [0.717, 1.165) is 44.6 Å². The SMILES string of the molecule is CC[C@H]1CCCC[C@H]1Oc1ccc2cc(CN3CC(C4CCCC(C(=O)O)C4)C3)ccc2c1. The van der Waals surface area contributed by atoms with Gasteiger partial charge in [0.25, 0.3) is 0 Å². The van der Waals surface area contributed by atoms with Crippen molar-refractivity contribution >= 4 is 16.7 Å². The molecule has 4 heteroatoms. The molecule has 3 aliphatic rings. The molecule has 0 radical (unpaired) electrons. The quantitative estimate of drug-likeness (QED) is 0.523. The highest BCUT2D eigenvalue weighted by atomic mass is 16.5. The van der Waals surface area contributed by atoms with E-state index in [4.69, 9.17) is 4.74 Å². The van der Waals surface area contributed by atoms with Gasteiger partial charge in [-0.05, 0) is 90.8 Å². The summed E-state index contributed by atoms with van der Waals surface area (Å²) in [5, 5.41) is 11.9. The minimum atomic E-state index is -0.593.